The molecule has 0 aromatic carbocycles. The Balaban J connectivity index is 1.51. The number of hydrogen-bond donors (Lipinski definition) is 2. The van der Waals surface area contributed by atoms with E-state index in [4.69, 9.17) is 5.73 Å². The SMILES string of the molecule is NC(C(=O)NCC(C1CC1)C1CC1)c1cccs1. The van der Waals surface area contributed by atoms with Crippen molar-refractivity contribution in [1.29, 1.82) is 0 Å². The molecule has 1 heterocycles. The van der Waals surface area contributed by atoms with E-state index in [1.54, 1.807) is 11.3 Å². The predicted octanol–water partition coefficient (Wildman–Crippen LogP) is 2.30. The highest BCUT2D eigenvalue weighted by atomic mass is 32.1. The number of nitrogens with two attached hydrogens (primary N) is 1. The number of rotatable bonds is 6. The first-order valence-electron chi connectivity index (χ1n) is 6.82. The van der Waals surface area contributed by atoms with Crippen molar-refractivity contribution >= 4 is 17.2 Å². The lowest BCUT2D eigenvalue weighted by Gasteiger charge is -2.18. The van der Waals surface area contributed by atoms with Crippen LogP contribution in [-0.4, -0.2) is 12.5 Å². The highest BCUT2D eigenvalue weighted by Gasteiger charge is 2.41. The van der Waals surface area contributed by atoms with E-state index in [2.05, 4.69) is 5.32 Å². The molecule has 4 heteroatoms. The smallest absolute Gasteiger partial charge is 0.242 e. The lowest BCUT2D eigenvalue weighted by molar-refractivity contribution is -0.122. The lowest BCUT2D eigenvalue weighted by atomic mass is 9.98. The van der Waals surface area contributed by atoms with Crippen LogP contribution >= 0.6 is 11.3 Å². The van der Waals surface area contributed by atoms with Crippen molar-refractivity contribution in [3.8, 4) is 0 Å². The van der Waals surface area contributed by atoms with Crippen molar-refractivity contribution in [2.75, 3.05) is 6.54 Å². The number of carbonyl (C=O) groups excluding carboxylic acids is 1. The Morgan fingerprint density at radius 2 is 2.06 bits per heavy atom. The summed E-state index contributed by atoms with van der Waals surface area (Å²) in [5.41, 5.74) is 5.95. The van der Waals surface area contributed by atoms with Gasteiger partial charge in [0.05, 0.1) is 0 Å². The molecule has 0 radical (unpaired) electrons. The molecule has 0 saturated heterocycles. The van der Waals surface area contributed by atoms with Gasteiger partial charge in [-0.25, -0.2) is 0 Å². The first-order chi connectivity index (χ1) is 8.75. The van der Waals surface area contributed by atoms with E-state index in [0.717, 1.165) is 23.3 Å². The maximum atomic E-state index is 12.0. The van der Waals surface area contributed by atoms with Gasteiger partial charge in [-0.3, -0.25) is 4.79 Å². The third kappa shape index (κ3) is 2.75. The zero-order valence-electron chi connectivity index (χ0n) is 10.5. The summed E-state index contributed by atoms with van der Waals surface area (Å²) in [6.07, 6.45) is 5.42. The fraction of sp³-hybridized carbons (Fsp3) is 0.643. The molecule has 1 aromatic heterocycles. The second-order valence-electron chi connectivity index (χ2n) is 5.58. The molecular formula is C14H20N2OS. The topological polar surface area (TPSA) is 55.1 Å². The molecule has 1 aromatic rings. The second-order valence-corrected chi connectivity index (χ2v) is 6.56. The Bertz CT molecular complexity index is 397. The van der Waals surface area contributed by atoms with Gasteiger partial charge in [0.15, 0.2) is 0 Å². The van der Waals surface area contributed by atoms with Gasteiger partial charge in [-0.15, -0.1) is 11.3 Å². The average molecular weight is 264 g/mol. The summed E-state index contributed by atoms with van der Waals surface area (Å²) in [4.78, 5) is 12.9. The molecule has 2 aliphatic rings. The van der Waals surface area contributed by atoms with Gasteiger partial charge in [0.25, 0.3) is 0 Å². The molecule has 0 bridgehead atoms. The van der Waals surface area contributed by atoms with E-state index in [9.17, 15) is 4.79 Å². The Kier molecular flexibility index (Phi) is 3.39. The average Bonchev–Trinajstić information content (AvgIpc) is 3.30. The van der Waals surface area contributed by atoms with Crippen molar-refractivity contribution in [3.05, 3.63) is 22.4 Å². The van der Waals surface area contributed by atoms with E-state index >= 15 is 0 Å². The Hall–Kier alpha value is -0.870. The largest absolute Gasteiger partial charge is 0.354 e. The van der Waals surface area contributed by atoms with Crippen molar-refractivity contribution in [1.82, 2.24) is 5.32 Å². The first kappa shape index (κ1) is 12.2. The Morgan fingerprint density at radius 1 is 1.39 bits per heavy atom. The van der Waals surface area contributed by atoms with Crippen LogP contribution in [0, 0.1) is 17.8 Å². The van der Waals surface area contributed by atoms with Crippen LogP contribution in [-0.2, 0) is 4.79 Å². The van der Waals surface area contributed by atoms with Gasteiger partial charge in [-0.1, -0.05) is 6.07 Å². The Morgan fingerprint density at radius 3 is 2.56 bits per heavy atom. The van der Waals surface area contributed by atoms with Crippen molar-refractivity contribution in [2.45, 2.75) is 31.7 Å². The lowest BCUT2D eigenvalue weighted by Crippen LogP contribution is -2.37. The molecule has 1 amide bonds. The molecule has 0 aliphatic heterocycles. The summed E-state index contributed by atoms with van der Waals surface area (Å²) >= 11 is 1.55. The van der Waals surface area contributed by atoms with E-state index in [-0.39, 0.29) is 5.91 Å². The third-order valence-corrected chi connectivity index (χ3v) is 5.05. The van der Waals surface area contributed by atoms with Gasteiger partial charge in [0, 0.05) is 11.4 Å². The molecular weight excluding hydrogens is 244 g/mol. The molecule has 3 nitrogen and oxygen atoms in total. The molecule has 2 saturated carbocycles. The highest BCUT2D eigenvalue weighted by molar-refractivity contribution is 7.10. The minimum atomic E-state index is -0.496. The van der Waals surface area contributed by atoms with Crippen LogP contribution in [0.3, 0.4) is 0 Å². The molecule has 3 N–H and O–H groups in total. The normalized spacial score (nSPS) is 21.0. The number of hydrogen-bond acceptors (Lipinski definition) is 3. The maximum Gasteiger partial charge on any atom is 0.242 e. The molecule has 1 atom stereocenters. The number of carbonyl (C=O) groups is 1. The van der Waals surface area contributed by atoms with Crippen LogP contribution in [0.25, 0.3) is 0 Å². The van der Waals surface area contributed by atoms with E-state index in [1.165, 1.54) is 25.7 Å². The van der Waals surface area contributed by atoms with Gasteiger partial charge in [-0.05, 0) is 54.9 Å². The fourth-order valence-electron chi connectivity index (χ4n) is 2.69. The van der Waals surface area contributed by atoms with Gasteiger partial charge >= 0.3 is 0 Å². The van der Waals surface area contributed by atoms with Crippen molar-refractivity contribution < 1.29 is 4.79 Å². The first-order valence-corrected chi connectivity index (χ1v) is 7.70. The molecule has 0 spiro atoms. The van der Waals surface area contributed by atoms with Gasteiger partial charge in [-0.2, -0.15) is 0 Å². The summed E-state index contributed by atoms with van der Waals surface area (Å²) in [6, 6.07) is 3.36. The molecule has 2 fully saturated rings. The monoisotopic (exact) mass is 264 g/mol. The zero-order valence-corrected chi connectivity index (χ0v) is 11.3. The van der Waals surface area contributed by atoms with Crippen molar-refractivity contribution in [2.24, 2.45) is 23.5 Å². The van der Waals surface area contributed by atoms with E-state index in [1.807, 2.05) is 17.5 Å². The number of thiophene rings is 1. The number of amides is 1. The molecule has 3 rings (SSSR count). The van der Waals surface area contributed by atoms with E-state index < -0.39 is 6.04 Å². The third-order valence-electron chi connectivity index (χ3n) is 4.10. The van der Waals surface area contributed by atoms with Crippen LogP contribution in [0.2, 0.25) is 0 Å². The molecule has 98 valence electrons. The standard InChI is InChI=1S/C14H20N2OS/c15-13(12-2-1-7-18-12)14(17)16-8-11(9-3-4-9)10-5-6-10/h1-2,7,9-11,13H,3-6,8,15H2,(H,16,17). The summed E-state index contributed by atoms with van der Waals surface area (Å²) in [6.45, 7) is 0.827. The highest BCUT2D eigenvalue weighted by Crippen LogP contribution is 2.48. The minimum absolute atomic E-state index is 0.0243. The van der Waals surface area contributed by atoms with Gasteiger partial charge in [0.2, 0.25) is 5.91 Å². The van der Waals surface area contributed by atoms with Gasteiger partial charge < -0.3 is 11.1 Å². The summed E-state index contributed by atoms with van der Waals surface area (Å²) < 4.78 is 0. The summed E-state index contributed by atoms with van der Waals surface area (Å²) in [7, 11) is 0. The quantitative estimate of drug-likeness (QED) is 0.828. The summed E-state index contributed by atoms with van der Waals surface area (Å²) in [5, 5.41) is 5.01. The zero-order chi connectivity index (χ0) is 12.5. The summed E-state index contributed by atoms with van der Waals surface area (Å²) in [5.74, 6) is 2.43. The van der Waals surface area contributed by atoms with Crippen LogP contribution in [0.15, 0.2) is 17.5 Å². The number of nitrogens with one attached hydrogen (secondary N) is 1. The van der Waals surface area contributed by atoms with Crippen LogP contribution < -0.4 is 11.1 Å². The predicted molar refractivity (Wildman–Crippen MR) is 73.2 cm³/mol. The molecule has 1 unspecified atom stereocenters. The van der Waals surface area contributed by atoms with Gasteiger partial charge in [0.1, 0.15) is 6.04 Å². The van der Waals surface area contributed by atoms with Crippen LogP contribution in [0.4, 0.5) is 0 Å². The molecule has 2 aliphatic carbocycles. The maximum absolute atomic E-state index is 12.0. The minimum Gasteiger partial charge on any atom is -0.354 e. The molecule has 18 heavy (non-hydrogen) atoms. The fourth-order valence-corrected chi connectivity index (χ4v) is 3.42. The van der Waals surface area contributed by atoms with Crippen LogP contribution in [0.1, 0.15) is 36.6 Å². The van der Waals surface area contributed by atoms with Crippen LogP contribution in [0.5, 0.6) is 0 Å². The Labute approximate surface area is 112 Å². The second kappa shape index (κ2) is 5.02. The van der Waals surface area contributed by atoms with Crippen molar-refractivity contribution in [3.63, 3.8) is 0 Å². The van der Waals surface area contributed by atoms with E-state index in [0.29, 0.717) is 5.92 Å².